The van der Waals surface area contributed by atoms with Crippen molar-refractivity contribution in [3.05, 3.63) is 223 Å². The Morgan fingerprint density at radius 2 is 0.803 bits per heavy atom. The standard InChI is InChI=1S/C59H41NO/c1-59(2)53-24-14-13-21-49(53)50-34-33-44(37-54(50)59)60(42-29-25-39(26-30-42)38-15-5-3-6-16-38)43-31-27-41(28-32-43)46-36-35-45(40-17-7-4-8-18-40)55-56-51-22-11-9-19-47(51)48-20-10-12-23-52(48)58(56)61-57(46)55/h3-37H,1-2H3. The minimum Gasteiger partial charge on any atom is -0.455 e. The van der Waals surface area contributed by atoms with Crippen molar-refractivity contribution in [2.45, 2.75) is 19.3 Å². The van der Waals surface area contributed by atoms with Gasteiger partial charge in [0, 0.05) is 44.2 Å². The number of benzene rings is 10. The first-order valence-electron chi connectivity index (χ1n) is 21.2. The lowest BCUT2D eigenvalue weighted by atomic mass is 9.82. The van der Waals surface area contributed by atoms with Crippen LogP contribution in [0.5, 0.6) is 0 Å². The lowest BCUT2D eigenvalue weighted by molar-refractivity contribution is 0.660. The molecule has 12 rings (SSSR count). The van der Waals surface area contributed by atoms with Crippen LogP contribution in [0.1, 0.15) is 25.0 Å². The van der Waals surface area contributed by atoms with E-state index in [9.17, 15) is 0 Å². The molecule has 0 unspecified atom stereocenters. The van der Waals surface area contributed by atoms with Crippen LogP contribution < -0.4 is 4.90 Å². The smallest absolute Gasteiger partial charge is 0.143 e. The van der Waals surface area contributed by atoms with Crippen molar-refractivity contribution < 1.29 is 4.42 Å². The molecule has 1 aliphatic rings. The van der Waals surface area contributed by atoms with Gasteiger partial charge in [0.2, 0.25) is 0 Å². The van der Waals surface area contributed by atoms with Crippen molar-refractivity contribution in [2.24, 2.45) is 0 Å². The second kappa shape index (κ2) is 13.7. The number of furan rings is 1. The molecular formula is C59H41NO. The van der Waals surface area contributed by atoms with Crippen LogP contribution in [0, 0.1) is 0 Å². The van der Waals surface area contributed by atoms with E-state index in [1.54, 1.807) is 0 Å². The monoisotopic (exact) mass is 779 g/mol. The average Bonchev–Trinajstić information content (AvgIpc) is 3.84. The van der Waals surface area contributed by atoms with E-state index in [-0.39, 0.29) is 5.41 Å². The van der Waals surface area contributed by atoms with Gasteiger partial charge >= 0.3 is 0 Å². The van der Waals surface area contributed by atoms with Crippen molar-refractivity contribution in [1.29, 1.82) is 0 Å². The van der Waals surface area contributed by atoms with Gasteiger partial charge in [-0.2, -0.15) is 0 Å². The molecule has 1 aromatic heterocycles. The second-order valence-corrected chi connectivity index (χ2v) is 16.8. The van der Waals surface area contributed by atoms with Crippen molar-refractivity contribution in [3.8, 4) is 44.5 Å². The Labute approximate surface area is 355 Å². The third kappa shape index (κ3) is 5.49. The van der Waals surface area contributed by atoms with Crippen LogP contribution >= 0.6 is 0 Å². The zero-order valence-corrected chi connectivity index (χ0v) is 34.1. The van der Waals surface area contributed by atoms with E-state index < -0.39 is 0 Å². The third-order valence-electron chi connectivity index (χ3n) is 13.1. The van der Waals surface area contributed by atoms with Gasteiger partial charge in [0.15, 0.2) is 0 Å². The van der Waals surface area contributed by atoms with E-state index in [0.717, 1.165) is 55.5 Å². The van der Waals surface area contributed by atoms with Gasteiger partial charge < -0.3 is 9.32 Å². The SMILES string of the molecule is CC1(C)c2ccccc2-c2ccc(N(c3ccc(-c4ccccc4)cc3)c3ccc(-c4ccc(-c5ccccc5)c5c4oc4c6ccccc6c6ccccc6c45)cc3)cc21. The second-order valence-electron chi connectivity index (χ2n) is 16.8. The Morgan fingerprint density at radius 3 is 1.51 bits per heavy atom. The molecule has 1 heterocycles. The van der Waals surface area contributed by atoms with Crippen molar-refractivity contribution in [3.63, 3.8) is 0 Å². The first-order chi connectivity index (χ1) is 30.0. The summed E-state index contributed by atoms with van der Waals surface area (Å²) in [4.78, 5) is 2.39. The minimum atomic E-state index is -0.116. The highest BCUT2D eigenvalue weighted by Gasteiger charge is 2.35. The van der Waals surface area contributed by atoms with Crippen molar-refractivity contribution in [2.75, 3.05) is 4.90 Å². The van der Waals surface area contributed by atoms with Crippen LogP contribution in [0.3, 0.4) is 0 Å². The quantitative estimate of drug-likeness (QED) is 0.156. The highest BCUT2D eigenvalue weighted by atomic mass is 16.3. The maximum absolute atomic E-state index is 7.16. The summed E-state index contributed by atoms with van der Waals surface area (Å²) in [6.07, 6.45) is 0. The molecule has 0 bridgehead atoms. The topological polar surface area (TPSA) is 16.4 Å². The summed E-state index contributed by atoms with van der Waals surface area (Å²) in [5.74, 6) is 0. The largest absolute Gasteiger partial charge is 0.455 e. The van der Waals surface area contributed by atoms with Crippen LogP contribution in [0.15, 0.2) is 217 Å². The average molecular weight is 780 g/mol. The predicted octanol–water partition coefficient (Wildman–Crippen LogP) is 16.7. The van der Waals surface area contributed by atoms with Gasteiger partial charge in [-0.05, 0) is 109 Å². The molecule has 0 aliphatic heterocycles. The molecule has 2 nitrogen and oxygen atoms in total. The first kappa shape index (κ1) is 35.3. The number of rotatable bonds is 6. The van der Waals surface area contributed by atoms with Gasteiger partial charge in [-0.25, -0.2) is 0 Å². The molecule has 0 fully saturated rings. The van der Waals surface area contributed by atoms with E-state index in [1.165, 1.54) is 60.7 Å². The molecule has 0 saturated carbocycles. The summed E-state index contributed by atoms with van der Waals surface area (Å²) in [6.45, 7) is 4.70. The molecular weight excluding hydrogens is 739 g/mol. The van der Waals surface area contributed by atoms with Gasteiger partial charge in [0.05, 0.1) is 0 Å². The summed E-state index contributed by atoms with van der Waals surface area (Å²) in [6, 6.07) is 77.1. The fraction of sp³-hybridized carbons (Fsp3) is 0.0508. The van der Waals surface area contributed by atoms with Crippen LogP contribution in [0.4, 0.5) is 17.1 Å². The maximum Gasteiger partial charge on any atom is 0.143 e. The number of nitrogens with zero attached hydrogens (tertiary/aromatic N) is 1. The predicted molar refractivity (Wildman–Crippen MR) is 257 cm³/mol. The number of hydrogen-bond acceptors (Lipinski definition) is 2. The van der Waals surface area contributed by atoms with Gasteiger partial charge in [0.1, 0.15) is 11.2 Å². The van der Waals surface area contributed by atoms with E-state index in [0.29, 0.717) is 0 Å². The number of anilines is 3. The van der Waals surface area contributed by atoms with E-state index >= 15 is 0 Å². The first-order valence-corrected chi connectivity index (χ1v) is 21.2. The van der Waals surface area contributed by atoms with E-state index in [4.69, 9.17) is 4.42 Å². The van der Waals surface area contributed by atoms with E-state index in [2.05, 4.69) is 231 Å². The summed E-state index contributed by atoms with van der Waals surface area (Å²) in [5, 5.41) is 7.07. The van der Waals surface area contributed by atoms with Crippen LogP contribution in [0.25, 0.3) is 88.0 Å². The normalized spacial score (nSPS) is 12.9. The summed E-state index contributed by atoms with van der Waals surface area (Å²) < 4.78 is 7.16. The van der Waals surface area contributed by atoms with Gasteiger partial charge in [-0.1, -0.05) is 184 Å². The molecule has 0 saturated heterocycles. The maximum atomic E-state index is 7.16. The Kier molecular flexibility index (Phi) is 7.92. The van der Waals surface area contributed by atoms with Crippen LogP contribution in [-0.4, -0.2) is 0 Å². The van der Waals surface area contributed by atoms with Crippen molar-refractivity contribution >= 4 is 60.5 Å². The Morgan fingerprint density at radius 1 is 0.328 bits per heavy atom. The van der Waals surface area contributed by atoms with Gasteiger partial charge in [0.25, 0.3) is 0 Å². The van der Waals surface area contributed by atoms with Crippen LogP contribution in [-0.2, 0) is 5.41 Å². The highest BCUT2D eigenvalue weighted by Crippen LogP contribution is 2.51. The lowest BCUT2D eigenvalue weighted by Gasteiger charge is -2.28. The van der Waals surface area contributed by atoms with Gasteiger partial charge in [-0.15, -0.1) is 0 Å². The molecule has 61 heavy (non-hydrogen) atoms. The minimum absolute atomic E-state index is 0.116. The van der Waals surface area contributed by atoms with E-state index in [1.807, 2.05) is 0 Å². The molecule has 0 atom stereocenters. The molecule has 11 aromatic rings. The zero-order chi connectivity index (χ0) is 40.7. The van der Waals surface area contributed by atoms with Crippen LogP contribution in [0.2, 0.25) is 0 Å². The molecule has 2 heteroatoms. The molecule has 0 amide bonds. The third-order valence-corrected chi connectivity index (χ3v) is 13.1. The molecule has 1 aliphatic carbocycles. The Hall–Kier alpha value is -7.68. The molecule has 0 radical (unpaired) electrons. The summed E-state index contributed by atoms with van der Waals surface area (Å²) in [5.41, 5.74) is 17.3. The molecule has 10 aromatic carbocycles. The number of hydrogen-bond donors (Lipinski definition) is 0. The summed E-state index contributed by atoms with van der Waals surface area (Å²) >= 11 is 0. The zero-order valence-electron chi connectivity index (χ0n) is 34.1. The fourth-order valence-corrected chi connectivity index (χ4v) is 10.1. The Balaban J connectivity index is 1.04. The summed E-state index contributed by atoms with van der Waals surface area (Å²) in [7, 11) is 0. The Bertz CT molecular complexity index is 3470. The number of fused-ring (bicyclic) bond motifs is 11. The highest BCUT2D eigenvalue weighted by molar-refractivity contribution is 6.33. The molecule has 288 valence electrons. The van der Waals surface area contributed by atoms with Gasteiger partial charge in [-0.3, -0.25) is 0 Å². The fourth-order valence-electron chi connectivity index (χ4n) is 10.1. The molecule has 0 spiro atoms. The lowest BCUT2D eigenvalue weighted by Crippen LogP contribution is -2.16. The molecule has 0 N–H and O–H groups in total. The van der Waals surface area contributed by atoms with Crippen molar-refractivity contribution in [1.82, 2.24) is 0 Å².